The average molecular weight is 367 g/mol. The second kappa shape index (κ2) is 15.9. The molecule has 1 atom stereocenters. The van der Waals surface area contributed by atoms with E-state index in [0.717, 1.165) is 44.9 Å². The van der Waals surface area contributed by atoms with Crippen LogP contribution in [0.5, 0.6) is 0 Å². The van der Waals surface area contributed by atoms with Crippen LogP contribution in [0.4, 0.5) is 0 Å². The first-order chi connectivity index (χ1) is 12.7. The minimum Gasteiger partial charge on any atom is -0.393 e. The second-order valence-corrected chi connectivity index (χ2v) is 7.14. The second-order valence-electron chi connectivity index (χ2n) is 7.14. The number of nitrogens with zero attached hydrogens (tertiary/aromatic N) is 2. The van der Waals surface area contributed by atoms with Crippen LogP contribution in [0.3, 0.4) is 0 Å². The van der Waals surface area contributed by atoms with Crippen LogP contribution in [0.2, 0.25) is 0 Å². The zero-order valence-electron chi connectivity index (χ0n) is 16.6. The molecule has 0 bridgehead atoms. The van der Waals surface area contributed by atoms with Crippen LogP contribution < -0.4 is 0 Å². The predicted molar refractivity (Wildman–Crippen MR) is 107 cm³/mol. The van der Waals surface area contributed by atoms with Crippen molar-refractivity contribution in [2.75, 3.05) is 13.1 Å². The summed E-state index contributed by atoms with van der Waals surface area (Å²) >= 11 is 0. The third-order valence-corrected chi connectivity index (χ3v) is 4.60. The zero-order chi connectivity index (χ0) is 18.9. The van der Waals surface area contributed by atoms with Crippen LogP contribution in [0.15, 0.2) is 17.1 Å². The third kappa shape index (κ3) is 12.9. The molecule has 0 aromatic heterocycles. The highest BCUT2D eigenvalue weighted by Crippen LogP contribution is 2.11. The Morgan fingerprint density at radius 3 is 2.69 bits per heavy atom. The van der Waals surface area contributed by atoms with Crippen molar-refractivity contribution in [3.8, 4) is 0 Å². The maximum absolute atomic E-state index is 11.6. The molecular weight excluding hydrogens is 328 g/mol. The number of rotatable bonds is 16. The Kier molecular flexibility index (Phi) is 13.8. The Hall–Kier alpha value is -1.36. The molecule has 150 valence electrons. The highest BCUT2D eigenvalue weighted by molar-refractivity contribution is 5.70. The number of allylic oxidation sites excluding steroid dienone is 1. The van der Waals surface area contributed by atoms with Crippen LogP contribution in [0, 0.1) is 0 Å². The van der Waals surface area contributed by atoms with Gasteiger partial charge in [-0.15, -0.1) is 0 Å². The monoisotopic (exact) mass is 366 g/mol. The Morgan fingerprint density at radius 2 is 1.92 bits per heavy atom. The molecule has 0 aromatic rings. The number of aliphatic hydroxyl groups is 1. The van der Waals surface area contributed by atoms with Gasteiger partial charge in [-0.1, -0.05) is 64.0 Å². The minimum atomic E-state index is -0.172. The van der Waals surface area contributed by atoms with E-state index in [0.29, 0.717) is 19.5 Å². The van der Waals surface area contributed by atoms with Crippen molar-refractivity contribution in [2.24, 2.45) is 4.99 Å². The standard InChI is InChI=1S/C21H38N2O3/c1-2-3-4-11-14-20(24)15-12-9-7-5-6-8-10-13-16-21(25)26-23-18-17-22-19-23/h9,12,19-20,24H,2-8,10-11,13-18H2,1H3/b12-9-/t20-/m1/s1. The molecule has 0 fully saturated rings. The normalized spacial score (nSPS) is 15.1. The number of aliphatic imine (C=N–C) groups is 1. The highest BCUT2D eigenvalue weighted by atomic mass is 16.7. The first-order valence-electron chi connectivity index (χ1n) is 10.5. The highest BCUT2D eigenvalue weighted by Gasteiger charge is 2.11. The van der Waals surface area contributed by atoms with E-state index in [4.69, 9.17) is 4.84 Å². The molecule has 0 unspecified atom stereocenters. The van der Waals surface area contributed by atoms with E-state index in [9.17, 15) is 9.90 Å². The van der Waals surface area contributed by atoms with Gasteiger partial charge in [0.2, 0.25) is 0 Å². The van der Waals surface area contributed by atoms with Crippen molar-refractivity contribution in [1.29, 1.82) is 0 Å². The molecule has 0 radical (unpaired) electrons. The van der Waals surface area contributed by atoms with Gasteiger partial charge in [0.1, 0.15) is 6.34 Å². The summed E-state index contributed by atoms with van der Waals surface area (Å²) in [6.07, 6.45) is 19.4. The quantitative estimate of drug-likeness (QED) is 0.315. The van der Waals surface area contributed by atoms with E-state index >= 15 is 0 Å². The maximum atomic E-state index is 11.6. The molecule has 0 aromatic carbocycles. The molecule has 0 saturated carbocycles. The van der Waals surface area contributed by atoms with Crippen molar-refractivity contribution in [3.63, 3.8) is 0 Å². The summed E-state index contributed by atoms with van der Waals surface area (Å²) in [6.45, 7) is 3.59. The van der Waals surface area contributed by atoms with Crippen molar-refractivity contribution in [1.82, 2.24) is 5.06 Å². The Morgan fingerprint density at radius 1 is 1.15 bits per heavy atom. The van der Waals surface area contributed by atoms with Gasteiger partial charge >= 0.3 is 5.97 Å². The summed E-state index contributed by atoms with van der Waals surface area (Å²) in [5, 5.41) is 11.4. The smallest absolute Gasteiger partial charge is 0.332 e. The number of hydrogen-bond donors (Lipinski definition) is 1. The van der Waals surface area contributed by atoms with E-state index in [1.807, 2.05) is 0 Å². The average Bonchev–Trinajstić information content (AvgIpc) is 3.13. The SMILES string of the molecule is CCCCCC[C@@H](O)C/C=C\CCCCCCCC(=O)ON1C=NCC1. The van der Waals surface area contributed by atoms with E-state index in [2.05, 4.69) is 24.1 Å². The summed E-state index contributed by atoms with van der Waals surface area (Å²) in [6, 6.07) is 0. The zero-order valence-corrected chi connectivity index (χ0v) is 16.6. The summed E-state index contributed by atoms with van der Waals surface area (Å²) in [7, 11) is 0. The molecule has 5 heteroatoms. The van der Waals surface area contributed by atoms with E-state index in [1.165, 1.54) is 37.2 Å². The summed E-state index contributed by atoms with van der Waals surface area (Å²) < 4.78 is 0. The maximum Gasteiger partial charge on any atom is 0.332 e. The fourth-order valence-electron chi connectivity index (χ4n) is 2.97. The largest absolute Gasteiger partial charge is 0.393 e. The van der Waals surface area contributed by atoms with Gasteiger partial charge in [-0.25, -0.2) is 4.79 Å². The van der Waals surface area contributed by atoms with Crippen LogP contribution in [-0.4, -0.2) is 41.7 Å². The lowest BCUT2D eigenvalue weighted by Gasteiger charge is -2.12. The van der Waals surface area contributed by atoms with Crippen LogP contribution in [0.1, 0.15) is 90.4 Å². The molecule has 0 aliphatic carbocycles. The minimum absolute atomic E-state index is 0.158. The fraction of sp³-hybridized carbons (Fsp3) is 0.810. The van der Waals surface area contributed by atoms with Gasteiger partial charge in [-0.05, 0) is 32.1 Å². The van der Waals surface area contributed by atoms with Crippen LogP contribution >= 0.6 is 0 Å². The molecule has 5 nitrogen and oxygen atoms in total. The lowest BCUT2D eigenvalue weighted by atomic mass is 10.1. The van der Waals surface area contributed by atoms with Gasteiger partial charge in [0.25, 0.3) is 0 Å². The topological polar surface area (TPSA) is 62.1 Å². The Labute approximate surface area is 159 Å². The van der Waals surface area contributed by atoms with Crippen molar-refractivity contribution < 1.29 is 14.7 Å². The van der Waals surface area contributed by atoms with Crippen molar-refractivity contribution in [3.05, 3.63) is 12.2 Å². The summed E-state index contributed by atoms with van der Waals surface area (Å²) in [5.41, 5.74) is 0. The number of unbranched alkanes of at least 4 members (excludes halogenated alkanes) is 8. The van der Waals surface area contributed by atoms with Crippen LogP contribution in [-0.2, 0) is 9.63 Å². The van der Waals surface area contributed by atoms with Gasteiger partial charge in [0, 0.05) is 6.42 Å². The number of hydroxylamine groups is 2. The molecule has 1 aliphatic rings. The van der Waals surface area contributed by atoms with Gasteiger partial charge < -0.3 is 9.94 Å². The molecule has 1 heterocycles. The number of carbonyl (C=O) groups excluding carboxylic acids is 1. The fourth-order valence-corrected chi connectivity index (χ4v) is 2.97. The number of carbonyl (C=O) groups is 1. The Bertz CT molecular complexity index is 410. The molecule has 1 rings (SSSR count). The third-order valence-electron chi connectivity index (χ3n) is 4.60. The molecule has 0 amide bonds. The summed E-state index contributed by atoms with van der Waals surface area (Å²) in [4.78, 5) is 20.8. The van der Waals surface area contributed by atoms with Crippen molar-refractivity contribution in [2.45, 2.75) is 96.5 Å². The lowest BCUT2D eigenvalue weighted by Crippen LogP contribution is -2.24. The van der Waals surface area contributed by atoms with E-state index in [1.54, 1.807) is 6.34 Å². The lowest BCUT2D eigenvalue weighted by molar-refractivity contribution is -0.170. The van der Waals surface area contributed by atoms with E-state index in [-0.39, 0.29) is 12.1 Å². The number of aliphatic hydroxyl groups excluding tert-OH is 1. The first kappa shape index (κ1) is 22.7. The van der Waals surface area contributed by atoms with E-state index < -0.39 is 0 Å². The number of hydrogen-bond acceptors (Lipinski definition) is 5. The molecule has 1 aliphatic heterocycles. The van der Waals surface area contributed by atoms with Gasteiger partial charge in [-0.2, -0.15) is 5.06 Å². The molecule has 26 heavy (non-hydrogen) atoms. The van der Waals surface area contributed by atoms with Gasteiger partial charge in [-0.3, -0.25) is 4.99 Å². The Balaban J connectivity index is 1.83. The molecule has 0 saturated heterocycles. The molecule has 1 N–H and O–H groups in total. The van der Waals surface area contributed by atoms with Gasteiger partial charge in [0.05, 0.1) is 19.2 Å². The molecule has 0 spiro atoms. The first-order valence-corrected chi connectivity index (χ1v) is 10.5. The van der Waals surface area contributed by atoms with Gasteiger partial charge in [0.15, 0.2) is 0 Å². The summed E-state index contributed by atoms with van der Waals surface area (Å²) in [5.74, 6) is -0.158. The van der Waals surface area contributed by atoms with Crippen molar-refractivity contribution >= 4 is 12.3 Å². The molecular formula is C21H38N2O3. The predicted octanol–water partition coefficient (Wildman–Crippen LogP) is 4.80. The van der Waals surface area contributed by atoms with Crippen LogP contribution in [0.25, 0.3) is 0 Å².